The van der Waals surface area contributed by atoms with Crippen LogP contribution in [0, 0.1) is 18.3 Å². The lowest BCUT2D eigenvalue weighted by atomic mass is 10.2. The van der Waals surface area contributed by atoms with E-state index in [0.29, 0.717) is 24.2 Å². The van der Waals surface area contributed by atoms with E-state index in [4.69, 9.17) is 5.26 Å². The van der Waals surface area contributed by atoms with Gasteiger partial charge >= 0.3 is 0 Å². The van der Waals surface area contributed by atoms with Crippen molar-refractivity contribution in [1.82, 2.24) is 9.55 Å². The molecule has 3 aromatic rings. The molecule has 2 aromatic heterocycles. The zero-order valence-corrected chi connectivity index (χ0v) is 12.4. The van der Waals surface area contributed by atoms with E-state index >= 15 is 0 Å². The largest absolute Gasteiger partial charge is 0.295 e. The van der Waals surface area contributed by atoms with Gasteiger partial charge in [0.15, 0.2) is 0 Å². The molecule has 0 bridgehead atoms. The van der Waals surface area contributed by atoms with E-state index < -0.39 is 0 Å². The highest BCUT2D eigenvalue weighted by atomic mass is 32.1. The summed E-state index contributed by atoms with van der Waals surface area (Å²) < 4.78 is 1.58. The lowest BCUT2D eigenvalue weighted by molar-refractivity contribution is 0.653. The highest BCUT2D eigenvalue weighted by Crippen LogP contribution is 2.30. The molecule has 0 unspecified atom stereocenters. The summed E-state index contributed by atoms with van der Waals surface area (Å²) >= 11 is 1.52. The van der Waals surface area contributed by atoms with E-state index in [-0.39, 0.29) is 5.56 Å². The first kappa shape index (κ1) is 13.5. The van der Waals surface area contributed by atoms with E-state index in [1.54, 1.807) is 11.5 Å². The van der Waals surface area contributed by atoms with E-state index in [0.717, 1.165) is 15.3 Å². The van der Waals surface area contributed by atoms with Gasteiger partial charge in [0.25, 0.3) is 5.56 Å². The minimum atomic E-state index is -0.0637. The van der Waals surface area contributed by atoms with Crippen LogP contribution in [-0.2, 0) is 6.54 Å². The van der Waals surface area contributed by atoms with E-state index in [2.05, 4.69) is 11.1 Å². The Kier molecular flexibility index (Phi) is 3.55. The van der Waals surface area contributed by atoms with Crippen LogP contribution in [0.4, 0.5) is 0 Å². The topological polar surface area (TPSA) is 58.7 Å². The average Bonchev–Trinajstić information content (AvgIpc) is 2.92. The maximum atomic E-state index is 12.5. The predicted octanol–water partition coefficient (Wildman–Crippen LogP) is 3.35. The Morgan fingerprint density at radius 3 is 2.81 bits per heavy atom. The fourth-order valence-corrected chi connectivity index (χ4v) is 3.36. The van der Waals surface area contributed by atoms with Crippen molar-refractivity contribution in [2.75, 3.05) is 0 Å². The molecule has 21 heavy (non-hydrogen) atoms. The van der Waals surface area contributed by atoms with Gasteiger partial charge in [-0.05, 0) is 18.6 Å². The first-order valence-corrected chi connectivity index (χ1v) is 7.45. The van der Waals surface area contributed by atoms with Crippen molar-refractivity contribution in [3.63, 3.8) is 0 Å². The number of nitrogens with zero attached hydrogens (tertiary/aromatic N) is 3. The lowest BCUT2D eigenvalue weighted by Gasteiger charge is -2.06. The summed E-state index contributed by atoms with van der Waals surface area (Å²) in [7, 11) is 0. The molecule has 0 spiro atoms. The average molecular weight is 295 g/mol. The molecule has 0 amide bonds. The third-order valence-electron chi connectivity index (χ3n) is 3.35. The fraction of sp³-hybridized carbons (Fsp3) is 0.188. The summed E-state index contributed by atoms with van der Waals surface area (Å²) in [5.74, 6) is 0.657. The van der Waals surface area contributed by atoms with Gasteiger partial charge in [-0.2, -0.15) is 5.26 Å². The van der Waals surface area contributed by atoms with Crippen LogP contribution in [0.2, 0.25) is 0 Å². The van der Waals surface area contributed by atoms with Crippen molar-refractivity contribution < 1.29 is 0 Å². The van der Waals surface area contributed by atoms with Gasteiger partial charge in [-0.3, -0.25) is 9.36 Å². The second-order valence-corrected chi connectivity index (χ2v) is 5.75. The normalized spacial score (nSPS) is 10.7. The van der Waals surface area contributed by atoms with E-state index in [1.165, 1.54) is 11.3 Å². The molecule has 0 saturated carbocycles. The number of thiophene rings is 1. The Balaban J connectivity index is 2.17. The zero-order valence-electron chi connectivity index (χ0n) is 11.5. The van der Waals surface area contributed by atoms with Crippen molar-refractivity contribution in [3.05, 3.63) is 52.6 Å². The molecule has 0 aliphatic carbocycles. The molecule has 0 fully saturated rings. The Labute approximate surface area is 125 Å². The number of fused-ring (bicyclic) bond motifs is 1. The van der Waals surface area contributed by atoms with Gasteiger partial charge in [0.1, 0.15) is 10.7 Å². The van der Waals surface area contributed by atoms with Gasteiger partial charge in [-0.25, -0.2) is 4.98 Å². The van der Waals surface area contributed by atoms with Crippen LogP contribution in [0.5, 0.6) is 0 Å². The Morgan fingerprint density at radius 2 is 2.10 bits per heavy atom. The van der Waals surface area contributed by atoms with Crippen molar-refractivity contribution in [2.45, 2.75) is 19.9 Å². The van der Waals surface area contributed by atoms with Crippen LogP contribution in [-0.4, -0.2) is 9.55 Å². The van der Waals surface area contributed by atoms with Crippen molar-refractivity contribution >= 4 is 21.6 Å². The number of rotatable bonds is 3. The predicted molar refractivity (Wildman–Crippen MR) is 84.3 cm³/mol. The molecule has 104 valence electrons. The van der Waals surface area contributed by atoms with Crippen LogP contribution < -0.4 is 5.56 Å². The Bertz CT molecular complexity index is 888. The smallest absolute Gasteiger partial charge is 0.262 e. The van der Waals surface area contributed by atoms with Crippen molar-refractivity contribution in [3.8, 4) is 16.5 Å². The summed E-state index contributed by atoms with van der Waals surface area (Å²) in [5, 5.41) is 9.32. The van der Waals surface area contributed by atoms with E-state index in [1.807, 2.05) is 36.4 Å². The van der Waals surface area contributed by atoms with Crippen LogP contribution in [0.1, 0.15) is 12.2 Å². The molecule has 5 heteroatoms. The van der Waals surface area contributed by atoms with Gasteiger partial charge in [-0.15, -0.1) is 11.3 Å². The molecule has 0 aliphatic heterocycles. The maximum absolute atomic E-state index is 12.5. The minimum Gasteiger partial charge on any atom is -0.295 e. The summed E-state index contributed by atoms with van der Waals surface area (Å²) in [6.45, 7) is 2.20. The molecule has 4 nitrogen and oxygen atoms in total. The van der Waals surface area contributed by atoms with Gasteiger partial charge < -0.3 is 0 Å². The summed E-state index contributed by atoms with van der Waals surface area (Å²) in [4.78, 5) is 18.8. The van der Waals surface area contributed by atoms with Crippen LogP contribution in [0.25, 0.3) is 20.7 Å². The number of aryl methyl sites for hydroxylation is 1. The molecule has 0 saturated heterocycles. The Hall–Kier alpha value is -2.45. The summed E-state index contributed by atoms with van der Waals surface area (Å²) in [6.07, 6.45) is 0.309. The number of aromatic nitrogens is 2. The molecule has 3 rings (SSSR count). The molecule has 2 heterocycles. The van der Waals surface area contributed by atoms with Crippen LogP contribution in [0.15, 0.2) is 41.2 Å². The highest BCUT2D eigenvalue weighted by molar-refractivity contribution is 7.21. The first-order chi connectivity index (χ1) is 10.2. The second kappa shape index (κ2) is 5.51. The summed E-state index contributed by atoms with van der Waals surface area (Å²) in [5.41, 5.74) is 1.02. The monoisotopic (exact) mass is 295 g/mol. The molecular weight excluding hydrogens is 282 g/mol. The Morgan fingerprint density at radius 1 is 1.33 bits per heavy atom. The SMILES string of the molecule is Cc1nc2sc(-c3ccccc3)cc2c(=O)n1CCC#N. The van der Waals surface area contributed by atoms with Gasteiger partial charge in [-0.1, -0.05) is 30.3 Å². The number of nitriles is 1. The quantitative estimate of drug-likeness (QED) is 0.744. The molecule has 0 aliphatic rings. The second-order valence-electron chi connectivity index (χ2n) is 4.72. The molecular formula is C16H13N3OS. The van der Waals surface area contributed by atoms with Crippen molar-refractivity contribution in [2.24, 2.45) is 0 Å². The highest BCUT2D eigenvalue weighted by Gasteiger charge is 2.12. The molecule has 1 aromatic carbocycles. The number of hydrogen-bond donors (Lipinski definition) is 0. The lowest BCUT2D eigenvalue weighted by Crippen LogP contribution is -2.23. The number of hydrogen-bond acceptors (Lipinski definition) is 4. The molecule has 0 radical (unpaired) electrons. The maximum Gasteiger partial charge on any atom is 0.262 e. The third kappa shape index (κ3) is 2.46. The third-order valence-corrected chi connectivity index (χ3v) is 4.43. The van der Waals surface area contributed by atoms with Crippen LogP contribution >= 0.6 is 11.3 Å². The standard InChI is InChI=1S/C16H13N3OS/c1-11-18-15-13(16(20)19(11)9-5-8-17)10-14(21-15)12-6-3-2-4-7-12/h2-4,6-7,10H,5,9H2,1H3. The zero-order chi connectivity index (χ0) is 14.8. The number of benzene rings is 1. The van der Waals surface area contributed by atoms with Gasteiger partial charge in [0.05, 0.1) is 17.9 Å². The summed E-state index contributed by atoms with van der Waals surface area (Å²) in [6, 6.07) is 13.9. The van der Waals surface area contributed by atoms with E-state index in [9.17, 15) is 4.79 Å². The first-order valence-electron chi connectivity index (χ1n) is 6.64. The van der Waals surface area contributed by atoms with Gasteiger partial charge in [0.2, 0.25) is 0 Å². The minimum absolute atomic E-state index is 0.0637. The van der Waals surface area contributed by atoms with Crippen LogP contribution in [0.3, 0.4) is 0 Å². The molecule has 0 N–H and O–H groups in total. The van der Waals surface area contributed by atoms with Crippen molar-refractivity contribution in [1.29, 1.82) is 5.26 Å². The van der Waals surface area contributed by atoms with Gasteiger partial charge in [0, 0.05) is 11.4 Å². The molecule has 0 atom stereocenters. The fourth-order valence-electron chi connectivity index (χ4n) is 2.29.